The summed E-state index contributed by atoms with van der Waals surface area (Å²) in [6, 6.07) is 16.8. The van der Waals surface area contributed by atoms with E-state index in [2.05, 4.69) is 63.3 Å². The van der Waals surface area contributed by atoms with Crippen LogP contribution in [0.25, 0.3) is 0 Å². The number of anilines is 2. The van der Waals surface area contributed by atoms with Crippen molar-refractivity contribution in [2.45, 2.75) is 18.8 Å². The predicted molar refractivity (Wildman–Crippen MR) is 89.2 cm³/mol. The number of nitrogens with two attached hydrogens (primary N) is 1. The van der Waals surface area contributed by atoms with Crippen LogP contribution in [0.15, 0.2) is 53.0 Å². The van der Waals surface area contributed by atoms with E-state index in [1.807, 2.05) is 6.07 Å². The van der Waals surface area contributed by atoms with E-state index in [-0.39, 0.29) is 0 Å². The molecule has 1 atom stereocenters. The van der Waals surface area contributed by atoms with Crippen molar-refractivity contribution >= 4 is 27.3 Å². The summed E-state index contributed by atoms with van der Waals surface area (Å²) in [5, 5.41) is 0. The number of para-hydroxylation sites is 1. The lowest BCUT2D eigenvalue weighted by molar-refractivity contribution is 0.510. The minimum Gasteiger partial charge on any atom is -0.399 e. The van der Waals surface area contributed by atoms with Gasteiger partial charge in [-0.1, -0.05) is 24.3 Å². The maximum Gasteiger partial charge on any atom is 0.0510 e. The number of nitrogen functional groups attached to an aromatic ring is 1. The molecule has 2 N–H and O–H groups in total. The molecule has 1 fully saturated rings. The summed E-state index contributed by atoms with van der Waals surface area (Å²) < 4.78 is 1.17. The molecule has 2 nitrogen and oxygen atoms in total. The van der Waals surface area contributed by atoms with Crippen LogP contribution in [0, 0.1) is 0 Å². The van der Waals surface area contributed by atoms with Gasteiger partial charge in [-0.25, -0.2) is 0 Å². The van der Waals surface area contributed by atoms with Gasteiger partial charge in [0.25, 0.3) is 0 Å². The van der Waals surface area contributed by atoms with Crippen molar-refractivity contribution in [3.05, 3.63) is 58.6 Å². The smallest absolute Gasteiger partial charge is 0.0510 e. The fourth-order valence-electron chi connectivity index (χ4n) is 2.99. The number of benzene rings is 2. The summed E-state index contributed by atoms with van der Waals surface area (Å²) in [6.45, 7) is 2.19. The van der Waals surface area contributed by atoms with Gasteiger partial charge in [0, 0.05) is 29.2 Å². The number of nitrogens with zero attached hydrogens (tertiary/aromatic N) is 1. The lowest BCUT2D eigenvalue weighted by Crippen LogP contribution is -2.34. The average Bonchev–Trinajstić information content (AvgIpc) is 2.48. The molecule has 1 heterocycles. The molecule has 1 saturated heterocycles. The minimum atomic E-state index is 0.569. The van der Waals surface area contributed by atoms with E-state index in [1.54, 1.807) is 0 Å². The molecule has 2 aromatic carbocycles. The quantitative estimate of drug-likeness (QED) is 0.826. The summed E-state index contributed by atoms with van der Waals surface area (Å²) in [5.41, 5.74) is 9.43. The van der Waals surface area contributed by atoms with Crippen LogP contribution >= 0.6 is 15.9 Å². The molecule has 0 aliphatic carbocycles. The van der Waals surface area contributed by atoms with E-state index >= 15 is 0 Å². The first kappa shape index (κ1) is 13.5. The van der Waals surface area contributed by atoms with Gasteiger partial charge in [-0.3, -0.25) is 0 Å². The van der Waals surface area contributed by atoms with Gasteiger partial charge in [0.2, 0.25) is 0 Å². The second kappa shape index (κ2) is 5.88. The fourth-order valence-corrected chi connectivity index (χ4v) is 3.52. The van der Waals surface area contributed by atoms with Crippen molar-refractivity contribution in [1.29, 1.82) is 0 Å². The molecule has 0 aromatic heterocycles. The second-order valence-electron chi connectivity index (χ2n) is 5.41. The van der Waals surface area contributed by atoms with Crippen molar-refractivity contribution in [1.82, 2.24) is 0 Å². The Balaban J connectivity index is 1.82. The Morgan fingerprint density at radius 1 is 1.10 bits per heavy atom. The molecule has 104 valence electrons. The average molecular weight is 331 g/mol. The van der Waals surface area contributed by atoms with Crippen molar-refractivity contribution < 1.29 is 0 Å². The summed E-state index contributed by atoms with van der Waals surface area (Å²) >= 11 is 3.66. The highest BCUT2D eigenvalue weighted by Gasteiger charge is 2.22. The molecule has 1 unspecified atom stereocenters. The van der Waals surface area contributed by atoms with Gasteiger partial charge < -0.3 is 10.6 Å². The van der Waals surface area contributed by atoms with Gasteiger partial charge in [-0.05, 0) is 58.6 Å². The van der Waals surface area contributed by atoms with Crippen LogP contribution in [0.5, 0.6) is 0 Å². The largest absolute Gasteiger partial charge is 0.399 e. The standard InChI is InChI=1S/C17H19BrN2/c18-16-8-1-2-9-17(16)20-10-4-6-14(12-20)13-5-3-7-15(19)11-13/h1-3,5,7-9,11,14H,4,6,10,12,19H2. The number of piperidine rings is 1. The molecule has 2 aromatic rings. The van der Waals surface area contributed by atoms with Crippen LogP contribution < -0.4 is 10.6 Å². The van der Waals surface area contributed by atoms with Crippen LogP contribution in [-0.4, -0.2) is 13.1 Å². The van der Waals surface area contributed by atoms with Gasteiger partial charge >= 0.3 is 0 Å². The highest BCUT2D eigenvalue weighted by molar-refractivity contribution is 9.10. The molecule has 0 amide bonds. The third-order valence-corrected chi connectivity index (χ3v) is 4.67. The monoisotopic (exact) mass is 330 g/mol. The third kappa shape index (κ3) is 2.83. The zero-order chi connectivity index (χ0) is 13.9. The van der Waals surface area contributed by atoms with Crippen molar-refractivity contribution in [2.24, 2.45) is 0 Å². The van der Waals surface area contributed by atoms with E-state index in [0.717, 1.165) is 18.8 Å². The zero-order valence-electron chi connectivity index (χ0n) is 11.4. The highest BCUT2D eigenvalue weighted by atomic mass is 79.9. The second-order valence-corrected chi connectivity index (χ2v) is 6.26. The normalized spacial score (nSPS) is 19.1. The Hall–Kier alpha value is -1.48. The summed E-state index contributed by atoms with van der Waals surface area (Å²) in [6.07, 6.45) is 2.46. The van der Waals surface area contributed by atoms with E-state index in [9.17, 15) is 0 Å². The first-order chi connectivity index (χ1) is 9.74. The van der Waals surface area contributed by atoms with Crippen molar-refractivity contribution in [3.8, 4) is 0 Å². The summed E-state index contributed by atoms with van der Waals surface area (Å²) in [7, 11) is 0. The Bertz CT molecular complexity index is 597. The van der Waals surface area contributed by atoms with Crippen molar-refractivity contribution in [3.63, 3.8) is 0 Å². The van der Waals surface area contributed by atoms with E-state index in [4.69, 9.17) is 5.73 Å². The maximum absolute atomic E-state index is 5.91. The van der Waals surface area contributed by atoms with Gasteiger partial charge in [0.15, 0.2) is 0 Å². The molecule has 1 aliphatic heterocycles. The molecule has 1 aliphatic rings. The Kier molecular flexibility index (Phi) is 3.97. The highest BCUT2D eigenvalue weighted by Crippen LogP contribution is 2.33. The zero-order valence-corrected chi connectivity index (χ0v) is 13.0. The fraction of sp³-hybridized carbons (Fsp3) is 0.294. The molecule has 20 heavy (non-hydrogen) atoms. The van der Waals surface area contributed by atoms with Crippen LogP contribution in [0.3, 0.4) is 0 Å². The maximum atomic E-state index is 5.91. The lowest BCUT2D eigenvalue weighted by atomic mass is 9.90. The Morgan fingerprint density at radius 2 is 1.95 bits per heavy atom. The molecule has 0 radical (unpaired) electrons. The molecule has 3 rings (SSSR count). The third-order valence-electron chi connectivity index (χ3n) is 4.00. The van der Waals surface area contributed by atoms with Crippen LogP contribution in [0.2, 0.25) is 0 Å². The van der Waals surface area contributed by atoms with E-state index in [0.29, 0.717) is 5.92 Å². The number of rotatable bonds is 2. The minimum absolute atomic E-state index is 0.569. The van der Waals surface area contributed by atoms with Crippen molar-refractivity contribution in [2.75, 3.05) is 23.7 Å². The van der Waals surface area contributed by atoms with Gasteiger partial charge in [-0.2, -0.15) is 0 Å². The molecule has 0 spiro atoms. The Labute approximate surface area is 128 Å². The van der Waals surface area contributed by atoms with E-state index < -0.39 is 0 Å². The number of hydrogen-bond acceptors (Lipinski definition) is 2. The van der Waals surface area contributed by atoms with Crippen LogP contribution in [-0.2, 0) is 0 Å². The molecule has 3 heteroatoms. The molecular formula is C17H19BrN2. The number of hydrogen-bond donors (Lipinski definition) is 1. The van der Waals surface area contributed by atoms with Gasteiger partial charge in [-0.15, -0.1) is 0 Å². The van der Waals surface area contributed by atoms with E-state index in [1.165, 1.54) is 28.6 Å². The molecule has 0 saturated carbocycles. The topological polar surface area (TPSA) is 29.3 Å². The summed E-state index contributed by atoms with van der Waals surface area (Å²) in [5.74, 6) is 0.569. The SMILES string of the molecule is Nc1cccc(C2CCCN(c3ccccc3Br)C2)c1. The van der Waals surface area contributed by atoms with Gasteiger partial charge in [0.05, 0.1) is 5.69 Å². The predicted octanol–water partition coefficient (Wildman–Crippen LogP) is 4.42. The van der Waals surface area contributed by atoms with Crippen LogP contribution in [0.4, 0.5) is 11.4 Å². The molecular weight excluding hydrogens is 312 g/mol. The number of halogens is 1. The first-order valence-corrected chi connectivity index (χ1v) is 7.88. The van der Waals surface area contributed by atoms with Gasteiger partial charge in [0.1, 0.15) is 0 Å². The van der Waals surface area contributed by atoms with Crippen LogP contribution in [0.1, 0.15) is 24.3 Å². The molecule has 0 bridgehead atoms. The summed E-state index contributed by atoms with van der Waals surface area (Å²) in [4.78, 5) is 2.47. The Morgan fingerprint density at radius 3 is 2.75 bits per heavy atom. The first-order valence-electron chi connectivity index (χ1n) is 7.09. The lowest BCUT2D eigenvalue weighted by Gasteiger charge is -2.35.